The fraction of sp³-hybridized carbons (Fsp3) is 0.945. The molecule has 0 fully saturated rings. The van der Waals surface area contributed by atoms with E-state index in [1.807, 2.05) is 0 Å². The molecule has 0 aromatic heterocycles. The lowest BCUT2D eigenvalue weighted by molar-refractivity contribution is -0.161. The number of carbonyl (C=O) groups is 4. The summed E-state index contributed by atoms with van der Waals surface area (Å²) in [5, 5.41) is 10.6. The summed E-state index contributed by atoms with van der Waals surface area (Å²) < 4.78 is 68.4. The topological polar surface area (TPSA) is 237 Å². The number of carbonyl (C=O) groups excluding carboxylic acids is 4. The third-order valence-electron chi connectivity index (χ3n) is 17.2. The van der Waals surface area contributed by atoms with E-state index < -0.39 is 97.5 Å². The first kappa shape index (κ1) is 90.1. The smallest absolute Gasteiger partial charge is 0.462 e. The number of ether oxygens (including phenoxy) is 4. The molecule has 3 N–H and O–H groups in total. The van der Waals surface area contributed by atoms with E-state index >= 15 is 0 Å². The third-order valence-corrected chi connectivity index (χ3v) is 19.1. The monoisotopic (exact) mass is 1350 g/mol. The van der Waals surface area contributed by atoms with E-state index in [-0.39, 0.29) is 25.7 Å². The summed E-state index contributed by atoms with van der Waals surface area (Å²) in [5.74, 6) is 0.155. The largest absolute Gasteiger partial charge is 0.472 e. The number of phosphoric acid groups is 2. The van der Waals surface area contributed by atoms with Crippen LogP contribution in [-0.4, -0.2) is 96.7 Å². The molecule has 0 aliphatic rings. The van der Waals surface area contributed by atoms with Crippen molar-refractivity contribution in [3.05, 3.63) is 0 Å². The van der Waals surface area contributed by atoms with Crippen LogP contribution >= 0.6 is 15.6 Å². The number of hydrogen-bond donors (Lipinski definition) is 3. The minimum Gasteiger partial charge on any atom is -0.462 e. The van der Waals surface area contributed by atoms with Crippen molar-refractivity contribution >= 4 is 39.5 Å². The maximum absolute atomic E-state index is 13.1. The molecule has 0 rings (SSSR count). The van der Waals surface area contributed by atoms with Crippen molar-refractivity contribution in [1.29, 1.82) is 0 Å². The molecule has 0 radical (unpaired) electrons. The summed E-state index contributed by atoms with van der Waals surface area (Å²) in [6.07, 6.45) is 48.5. The van der Waals surface area contributed by atoms with Gasteiger partial charge in [-0.25, -0.2) is 9.13 Å². The fourth-order valence-corrected chi connectivity index (χ4v) is 12.6. The summed E-state index contributed by atoms with van der Waals surface area (Å²) in [6, 6.07) is 0. The highest BCUT2D eigenvalue weighted by atomic mass is 31.2. The molecule has 546 valence electrons. The summed E-state index contributed by atoms with van der Waals surface area (Å²) >= 11 is 0. The third kappa shape index (κ3) is 65.4. The normalized spacial score (nSPS) is 14.4. The number of hydrogen-bond acceptors (Lipinski definition) is 15. The highest BCUT2D eigenvalue weighted by Gasteiger charge is 2.30. The Labute approximate surface area is 562 Å². The highest BCUT2D eigenvalue weighted by Crippen LogP contribution is 2.45. The van der Waals surface area contributed by atoms with Gasteiger partial charge in [0.2, 0.25) is 0 Å². The van der Waals surface area contributed by atoms with Gasteiger partial charge in [-0.2, -0.15) is 0 Å². The second kappa shape index (κ2) is 63.8. The predicted octanol–water partition coefficient (Wildman–Crippen LogP) is 21.0. The maximum Gasteiger partial charge on any atom is 0.472 e. The van der Waals surface area contributed by atoms with Crippen LogP contribution in [0.25, 0.3) is 0 Å². The van der Waals surface area contributed by atoms with Gasteiger partial charge in [-0.15, -0.1) is 0 Å². The average molecular weight is 1350 g/mol. The van der Waals surface area contributed by atoms with Gasteiger partial charge in [0.25, 0.3) is 0 Å². The molecule has 0 saturated heterocycles. The van der Waals surface area contributed by atoms with E-state index in [1.165, 1.54) is 173 Å². The number of rotatable bonds is 71. The molecule has 17 nitrogen and oxygen atoms in total. The Morgan fingerprint density at radius 1 is 0.315 bits per heavy atom. The standard InChI is InChI=1S/C73H142O17P2/c1-8-10-11-12-13-14-15-22-27-33-42-49-56-72(77)90-69(61-84-71(76)55-48-41-36-35-39-46-53-66(7)9-2)63-88-92(81,82)86-59-67(74)58-85-91(79,80)87-62-68(60-83-70(75)54-47-40-32-29-24-26-31-38-45-52-65(5)6)89-73(78)57-50-43-34-28-23-20-18-16-17-19-21-25-30-37-44-51-64(3)4/h64-69,74H,8-63H2,1-7H3,(H,79,80)(H,81,82)/t66?,67-,68-,69-/m1/s1. The van der Waals surface area contributed by atoms with Crippen LogP contribution in [0.2, 0.25) is 0 Å². The number of unbranched alkanes of at least 4 members (excludes halogenated alkanes) is 38. The molecule has 0 saturated carbocycles. The van der Waals surface area contributed by atoms with E-state index in [2.05, 4.69) is 48.5 Å². The van der Waals surface area contributed by atoms with E-state index in [4.69, 9.17) is 37.0 Å². The first-order chi connectivity index (χ1) is 44.3. The molecule has 0 aromatic rings. The zero-order valence-corrected chi connectivity index (χ0v) is 61.8. The minimum absolute atomic E-state index is 0.106. The predicted molar refractivity (Wildman–Crippen MR) is 372 cm³/mol. The van der Waals surface area contributed by atoms with Crippen LogP contribution in [0.15, 0.2) is 0 Å². The second-order valence-corrected chi connectivity index (χ2v) is 30.4. The van der Waals surface area contributed by atoms with Gasteiger partial charge in [-0.3, -0.25) is 37.3 Å². The number of phosphoric ester groups is 2. The SMILES string of the molecule is CCCCCCCCCCCCCCC(=O)O[C@H](COC(=O)CCCCCCCCC(C)CC)COP(=O)(O)OC[C@H](O)COP(=O)(O)OC[C@@H](COC(=O)CCCCCCCCCCCC(C)C)OC(=O)CCCCCCCCCCCCCCCCCC(C)C. The Balaban J connectivity index is 5.24. The molecule has 3 unspecified atom stereocenters. The number of aliphatic hydroxyl groups excluding tert-OH is 1. The molecule has 0 aromatic carbocycles. The second-order valence-electron chi connectivity index (χ2n) is 27.5. The van der Waals surface area contributed by atoms with Crippen molar-refractivity contribution in [2.75, 3.05) is 39.6 Å². The van der Waals surface area contributed by atoms with Gasteiger partial charge in [-0.05, 0) is 43.4 Å². The molecule has 0 amide bonds. The fourth-order valence-electron chi connectivity index (χ4n) is 11.0. The quantitative estimate of drug-likeness (QED) is 0.0222. The van der Waals surface area contributed by atoms with Crippen molar-refractivity contribution in [2.24, 2.45) is 17.8 Å². The summed E-state index contributed by atoms with van der Waals surface area (Å²) in [5.41, 5.74) is 0. The molecule has 0 bridgehead atoms. The van der Waals surface area contributed by atoms with E-state index in [0.717, 1.165) is 114 Å². The molecule has 0 aliphatic carbocycles. The Morgan fingerprint density at radius 3 is 0.826 bits per heavy atom. The molecule has 19 heteroatoms. The van der Waals surface area contributed by atoms with Crippen LogP contribution in [0.5, 0.6) is 0 Å². The molecule has 0 aliphatic heterocycles. The molecular formula is C73H142O17P2. The Kier molecular flexibility index (Phi) is 62.4. The molecular weight excluding hydrogens is 1210 g/mol. The van der Waals surface area contributed by atoms with Crippen molar-refractivity contribution in [3.8, 4) is 0 Å². The van der Waals surface area contributed by atoms with Crippen molar-refractivity contribution in [3.63, 3.8) is 0 Å². The lowest BCUT2D eigenvalue weighted by Gasteiger charge is -2.21. The van der Waals surface area contributed by atoms with Gasteiger partial charge < -0.3 is 33.8 Å². The van der Waals surface area contributed by atoms with Crippen LogP contribution < -0.4 is 0 Å². The van der Waals surface area contributed by atoms with Crippen molar-refractivity contribution in [1.82, 2.24) is 0 Å². The van der Waals surface area contributed by atoms with Crippen LogP contribution in [0.1, 0.15) is 370 Å². The summed E-state index contributed by atoms with van der Waals surface area (Å²) in [4.78, 5) is 72.7. The first-order valence-electron chi connectivity index (χ1n) is 37.9. The molecule has 0 spiro atoms. The van der Waals surface area contributed by atoms with Crippen LogP contribution in [0.4, 0.5) is 0 Å². The number of esters is 4. The van der Waals surface area contributed by atoms with E-state index in [1.54, 1.807) is 0 Å². The summed E-state index contributed by atoms with van der Waals surface area (Å²) in [6.45, 7) is 11.8. The number of aliphatic hydroxyl groups is 1. The zero-order chi connectivity index (χ0) is 68.0. The summed E-state index contributed by atoms with van der Waals surface area (Å²) in [7, 11) is -9.91. The molecule has 6 atom stereocenters. The molecule has 92 heavy (non-hydrogen) atoms. The van der Waals surface area contributed by atoms with E-state index in [0.29, 0.717) is 25.7 Å². The van der Waals surface area contributed by atoms with Gasteiger partial charge in [-0.1, -0.05) is 318 Å². The lowest BCUT2D eigenvalue weighted by Crippen LogP contribution is -2.30. The molecule has 0 heterocycles. The van der Waals surface area contributed by atoms with Gasteiger partial charge in [0.05, 0.1) is 26.4 Å². The highest BCUT2D eigenvalue weighted by molar-refractivity contribution is 7.47. The van der Waals surface area contributed by atoms with Gasteiger partial charge in [0.1, 0.15) is 19.3 Å². The average Bonchev–Trinajstić information content (AvgIpc) is 1.42. The Morgan fingerprint density at radius 2 is 0.554 bits per heavy atom. The first-order valence-corrected chi connectivity index (χ1v) is 40.9. The van der Waals surface area contributed by atoms with Crippen LogP contribution in [0, 0.1) is 17.8 Å². The lowest BCUT2D eigenvalue weighted by atomic mass is 10.00. The Bertz CT molecular complexity index is 1800. The van der Waals surface area contributed by atoms with Gasteiger partial charge in [0, 0.05) is 25.7 Å². The van der Waals surface area contributed by atoms with Crippen molar-refractivity contribution < 1.29 is 80.2 Å². The van der Waals surface area contributed by atoms with Crippen LogP contribution in [0.3, 0.4) is 0 Å². The van der Waals surface area contributed by atoms with Crippen LogP contribution in [-0.2, 0) is 65.4 Å². The Hall–Kier alpha value is -1.94. The zero-order valence-electron chi connectivity index (χ0n) is 60.0. The van der Waals surface area contributed by atoms with E-state index in [9.17, 15) is 43.2 Å². The van der Waals surface area contributed by atoms with Gasteiger partial charge >= 0.3 is 39.5 Å². The van der Waals surface area contributed by atoms with Crippen molar-refractivity contribution in [2.45, 2.75) is 388 Å². The maximum atomic E-state index is 13.1. The minimum atomic E-state index is -4.95. The van der Waals surface area contributed by atoms with Gasteiger partial charge in [0.15, 0.2) is 12.2 Å².